The van der Waals surface area contributed by atoms with Gasteiger partial charge in [-0.1, -0.05) is 26.2 Å². The van der Waals surface area contributed by atoms with Gasteiger partial charge >= 0.3 is 6.09 Å². The molecule has 0 aliphatic heterocycles. The summed E-state index contributed by atoms with van der Waals surface area (Å²) >= 11 is 0. The summed E-state index contributed by atoms with van der Waals surface area (Å²) in [5.41, 5.74) is -0.738. The summed E-state index contributed by atoms with van der Waals surface area (Å²) in [5.74, 6) is 0. The van der Waals surface area contributed by atoms with Gasteiger partial charge < -0.3 is 19.5 Å². The van der Waals surface area contributed by atoms with Crippen molar-refractivity contribution >= 4 is 14.2 Å². The van der Waals surface area contributed by atoms with Crippen LogP contribution >= 0.6 is 0 Å². The van der Waals surface area contributed by atoms with E-state index in [0.29, 0.717) is 6.61 Å². The van der Waals surface area contributed by atoms with E-state index in [2.05, 4.69) is 38.1 Å². The highest BCUT2D eigenvalue weighted by molar-refractivity contribution is 6.76. The van der Waals surface area contributed by atoms with Gasteiger partial charge in [0.2, 0.25) is 0 Å². The molecule has 156 valence electrons. The Morgan fingerprint density at radius 3 is 2.30 bits per heavy atom. The van der Waals surface area contributed by atoms with E-state index < -0.39 is 30.7 Å². The van der Waals surface area contributed by atoms with E-state index in [1.807, 2.05) is 0 Å². The molecule has 1 atom stereocenters. The standard InChI is InChI=1S/C18H34N2O6Si/c1-14(15(2)20(22)23)11-16(19-17(21)26-18(3,4)5)12-25-13-24-9-10-27(6,7)8/h16H,1-2,9-13H2,3-8H3,(H,19,21)/t16-/m0/s1. The lowest BCUT2D eigenvalue weighted by Gasteiger charge is -2.24. The zero-order valence-electron chi connectivity index (χ0n) is 17.4. The number of ether oxygens (including phenoxy) is 3. The number of nitrogens with zero attached hydrogens (tertiary/aromatic N) is 1. The highest BCUT2D eigenvalue weighted by atomic mass is 28.3. The molecule has 0 aromatic heterocycles. The van der Waals surface area contributed by atoms with Gasteiger partial charge in [0.05, 0.1) is 17.6 Å². The number of nitro groups is 1. The molecule has 0 spiro atoms. The third-order valence-corrected chi connectivity index (χ3v) is 5.03. The van der Waals surface area contributed by atoms with Crippen LogP contribution in [0.25, 0.3) is 0 Å². The molecule has 1 N–H and O–H groups in total. The maximum absolute atomic E-state index is 12.0. The number of carbonyl (C=O) groups is 1. The maximum atomic E-state index is 12.0. The Labute approximate surface area is 163 Å². The molecule has 8 nitrogen and oxygen atoms in total. The maximum Gasteiger partial charge on any atom is 0.407 e. The molecule has 0 bridgehead atoms. The van der Waals surface area contributed by atoms with E-state index in [4.69, 9.17) is 14.2 Å². The van der Waals surface area contributed by atoms with Crippen molar-refractivity contribution in [3.05, 3.63) is 34.5 Å². The van der Waals surface area contributed by atoms with Crippen LogP contribution in [0.15, 0.2) is 24.4 Å². The Hall–Kier alpha value is -1.71. The third-order valence-electron chi connectivity index (χ3n) is 3.32. The molecule has 0 unspecified atom stereocenters. The first-order valence-electron chi connectivity index (χ1n) is 8.88. The van der Waals surface area contributed by atoms with Gasteiger partial charge in [0.25, 0.3) is 5.70 Å². The molecule has 0 aromatic rings. The van der Waals surface area contributed by atoms with Crippen molar-refractivity contribution in [1.82, 2.24) is 5.32 Å². The average Bonchev–Trinajstić information content (AvgIpc) is 2.46. The summed E-state index contributed by atoms with van der Waals surface area (Å²) in [6, 6.07) is 0.472. The Bertz CT molecular complexity index is 537. The molecule has 0 saturated carbocycles. The molecule has 9 heteroatoms. The van der Waals surface area contributed by atoms with Gasteiger partial charge in [-0.25, -0.2) is 4.79 Å². The zero-order valence-corrected chi connectivity index (χ0v) is 18.4. The third kappa shape index (κ3) is 14.1. The summed E-state index contributed by atoms with van der Waals surface area (Å²) in [6.07, 6.45) is -0.510. The number of carbonyl (C=O) groups excluding carboxylic acids is 1. The number of hydrogen-bond acceptors (Lipinski definition) is 6. The highest BCUT2D eigenvalue weighted by Crippen LogP contribution is 2.15. The lowest BCUT2D eigenvalue weighted by atomic mass is 10.1. The zero-order chi connectivity index (χ0) is 21.3. The summed E-state index contributed by atoms with van der Waals surface area (Å²) in [5, 5.41) is 13.5. The Balaban J connectivity index is 4.60. The van der Waals surface area contributed by atoms with Gasteiger partial charge in [0, 0.05) is 26.7 Å². The minimum atomic E-state index is -1.17. The number of nitrogens with one attached hydrogen (secondary N) is 1. The average molecular weight is 403 g/mol. The second-order valence-electron chi connectivity index (χ2n) is 8.56. The molecule has 27 heavy (non-hydrogen) atoms. The van der Waals surface area contributed by atoms with Gasteiger partial charge in [-0.05, 0) is 33.4 Å². The van der Waals surface area contributed by atoms with E-state index in [-0.39, 0.29) is 31.1 Å². The number of hydrogen-bond donors (Lipinski definition) is 1. The predicted octanol–water partition coefficient (Wildman–Crippen LogP) is 3.95. The monoisotopic (exact) mass is 402 g/mol. The summed E-state index contributed by atoms with van der Waals surface area (Å²) in [6.45, 7) is 19.9. The minimum absolute atomic E-state index is 0.0830. The fourth-order valence-corrected chi connectivity index (χ4v) is 2.61. The highest BCUT2D eigenvalue weighted by Gasteiger charge is 2.23. The van der Waals surface area contributed by atoms with Gasteiger partial charge in [-0.2, -0.15) is 0 Å². The van der Waals surface area contributed by atoms with E-state index >= 15 is 0 Å². The van der Waals surface area contributed by atoms with Crippen LogP contribution in [0.1, 0.15) is 27.2 Å². The molecule has 0 rings (SSSR count). The van der Waals surface area contributed by atoms with Gasteiger partial charge in [-0.15, -0.1) is 0 Å². The fraction of sp³-hybridized carbons (Fsp3) is 0.722. The van der Waals surface area contributed by atoms with Crippen molar-refractivity contribution in [1.29, 1.82) is 0 Å². The van der Waals surface area contributed by atoms with E-state index in [9.17, 15) is 14.9 Å². The molecule has 1 amide bonds. The summed E-state index contributed by atoms with van der Waals surface area (Å²) < 4.78 is 16.1. The van der Waals surface area contributed by atoms with Crippen molar-refractivity contribution in [2.24, 2.45) is 0 Å². The van der Waals surface area contributed by atoms with Crippen molar-refractivity contribution in [2.75, 3.05) is 20.0 Å². The van der Waals surface area contributed by atoms with E-state index in [0.717, 1.165) is 6.04 Å². The van der Waals surface area contributed by atoms with Crippen LogP contribution in [0, 0.1) is 10.1 Å². The fourth-order valence-electron chi connectivity index (χ4n) is 1.86. The molecular formula is C18H34N2O6Si. The van der Waals surface area contributed by atoms with Gasteiger partial charge in [0.15, 0.2) is 0 Å². The first-order chi connectivity index (χ1) is 12.2. The van der Waals surface area contributed by atoms with E-state index in [1.165, 1.54) is 0 Å². The van der Waals surface area contributed by atoms with Crippen LogP contribution in [-0.2, 0) is 14.2 Å². The van der Waals surface area contributed by atoms with Gasteiger partial charge in [-0.3, -0.25) is 10.1 Å². The molecule has 0 saturated heterocycles. The Kier molecular flexibility index (Phi) is 10.5. The quantitative estimate of drug-likeness (QED) is 0.132. The molecule has 0 fully saturated rings. The second kappa shape index (κ2) is 11.2. The van der Waals surface area contributed by atoms with Crippen LogP contribution in [0.4, 0.5) is 4.79 Å². The Morgan fingerprint density at radius 2 is 1.81 bits per heavy atom. The summed E-state index contributed by atoms with van der Waals surface area (Å²) in [4.78, 5) is 22.2. The largest absolute Gasteiger partial charge is 0.444 e. The van der Waals surface area contributed by atoms with Crippen LogP contribution in [0.3, 0.4) is 0 Å². The molecular weight excluding hydrogens is 368 g/mol. The first-order valence-corrected chi connectivity index (χ1v) is 12.6. The first kappa shape index (κ1) is 25.3. The number of amides is 1. The smallest absolute Gasteiger partial charge is 0.407 e. The number of allylic oxidation sites excluding steroid dienone is 1. The van der Waals surface area contributed by atoms with Crippen LogP contribution in [0.5, 0.6) is 0 Å². The SMILES string of the molecule is C=C(C[C@@H](COCOCC[Si](C)(C)C)NC(=O)OC(C)(C)C)C(=C)[N+](=O)[O-]. The molecule has 0 aliphatic carbocycles. The molecule has 0 radical (unpaired) electrons. The Morgan fingerprint density at radius 1 is 1.22 bits per heavy atom. The minimum Gasteiger partial charge on any atom is -0.444 e. The molecule has 0 heterocycles. The topological polar surface area (TPSA) is 99.9 Å². The van der Waals surface area contributed by atoms with Crippen molar-refractivity contribution in [3.8, 4) is 0 Å². The van der Waals surface area contributed by atoms with Crippen molar-refractivity contribution in [2.45, 2.75) is 64.5 Å². The van der Waals surface area contributed by atoms with E-state index in [1.54, 1.807) is 20.8 Å². The van der Waals surface area contributed by atoms with Crippen LogP contribution in [-0.4, -0.2) is 50.7 Å². The lowest BCUT2D eigenvalue weighted by Crippen LogP contribution is -2.42. The molecule has 0 aromatic carbocycles. The second-order valence-corrected chi connectivity index (χ2v) is 14.2. The number of alkyl carbamates (subject to hydrolysis) is 1. The predicted molar refractivity (Wildman–Crippen MR) is 108 cm³/mol. The summed E-state index contributed by atoms with van der Waals surface area (Å²) in [7, 11) is -1.17. The van der Waals surface area contributed by atoms with Gasteiger partial charge in [0.1, 0.15) is 12.4 Å². The van der Waals surface area contributed by atoms with Crippen molar-refractivity contribution in [3.63, 3.8) is 0 Å². The van der Waals surface area contributed by atoms with Crippen LogP contribution in [0.2, 0.25) is 25.7 Å². The van der Waals surface area contributed by atoms with Crippen molar-refractivity contribution < 1.29 is 23.9 Å². The normalized spacial score (nSPS) is 13.0. The molecule has 0 aliphatic rings. The van der Waals surface area contributed by atoms with Crippen LogP contribution < -0.4 is 5.32 Å². The number of rotatable bonds is 12. The lowest BCUT2D eigenvalue weighted by molar-refractivity contribution is -0.420.